The van der Waals surface area contributed by atoms with E-state index in [-0.39, 0.29) is 0 Å². The largest absolute Gasteiger partial charge is 0.370 e. The summed E-state index contributed by atoms with van der Waals surface area (Å²) in [4.78, 5) is 8.94. The highest BCUT2D eigenvalue weighted by atomic mass is 32.2. The summed E-state index contributed by atoms with van der Waals surface area (Å²) in [6.07, 6.45) is 5.41. The molecular formula is C14H23N3S. The van der Waals surface area contributed by atoms with Crippen molar-refractivity contribution in [1.29, 1.82) is 0 Å². The first-order valence-electron chi connectivity index (χ1n) is 6.93. The van der Waals surface area contributed by atoms with E-state index >= 15 is 0 Å². The zero-order chi connectivity index (χ0) is 13.0. The van der Waals surface area contributed by atoms with Gasteiger partial charge in [-0.25, -0.2) is 9.97 Å². The molecule has 0 aromatic carbocycles. The van der Waals surface area contributed by atoms with Crippen molar-refractivity contribution in [3.8, 4) is 0 Å². The zero-order valence-corrected chi connectivity index (χ0v) is 12.4. The second kappa shape index (κ2) is 6.41. The fourth-order valence-electron chi connectivity index (χ4n) is 2.53. The lowest BCUT2D eigenvalue weighted by atomic mass is 9.91. The highest BCUT2D eigenvalue weighted by molar-refractivity contribution is 7.99. The molecule has 0 aliphatic heterocycles. The Balaban J connectivity index is 2.03. The molecule has 1 N–H and O–H groups in total. The van der Waals surface area contributed by atoms with Crippen molar-refractivity contribution in [1.82, 2.24) is 9.97 Å². The number of anilines is 1. The van der Waals surface area contributed by atoms with E-state index in [1.807, 2.05) is 18.7 Å². The molecule has 1 fully saturated rings. The van der Waals surface area contributed by atoms with E-state index in [1.54, 1.807) is 0 Å². The van der Waals surface area contributed by atoms with Crippen LogP contribution in [-0.2, 0) is 0 Å². The summed E-state index contributed by atoms with van der Waals surface area (Å²) < 4.78 is 0. The normalized spacial score (nSPS) is 23.9. The van der Waals surface area contributed by atoms with Gasteiger partial charge in [0.1, 0.15) is 16.7 Å². The molecule has 0 amide bonds. The van der Waals surface area contributed by atoms with E-state index in [9.17, 15) is 0 Å². The molecule has 1 aromatic heterocycles. The van der Waals surface area contributed by atoms with Crippen molar-refractivity contribution in [3.05, 3.63) is 11.9 Å². The first-order chi connectivity index (χ1) is 8.67. The minimum atomic E-state index is 0.734. The van der Waals surface area contributed by atoms with Gasteiger partial charge in [0.2, 0.25) is 0 Å². The molecule has 1 heterocycles. The molecular weight excluding hydrogens is 242 g/mol. The van der Waals surface area contributed by atoms with Gasteiger partial charge in [-0.05, 0) is 32.6 Å². The Bertz CT molecular complexity index is 395. The van der Waals surface area contributed by atoms with E-state index in [0.717, 1.165) is 34.4 Å². The minimum absolute atomic E-state index is 0.734. The van der Waals surface area contributed by atoms with Gasteiger partial charge in [-0.3, -0.25) is 0 Å². The summed E-state index contributed by atoms with van der Waals surface area (Å²) in [6.45, 7) is 7.32. The molecule has 18 heavy (non-hydrogen) atoms. The monoisotopic (exact) mass is 265 g/mol. The van der Waals surface area contributed by atoms with Crippen LogP contribution in [0.25, 0.3) is 0 Å². The summed E-state index contributed by atoms with van der Waals surface area (Å²) in [5, 5.41) is 5.13. The Morgan fingerprint density at radius 2 is 2.22 bits per heavy atom. The van der Waals surface area contributed by atoms with Crippen LogP contribution in [0.4, 0.5) is 5.82 Å². The van der Waals surface area contributed by atoms with Gasteiger partial charge < -0.3 is 5.32 Å². The van der Waals surface area contributed by atoms with Gasteiger partial charge in [-0.2, -0.15) is 0 Å². The van der Waals surface area contributed by atoms with Crippen LogP contribution in [0.15, 0.2) is 11.1 Å². The number of aromatic nitrogens is 2. The molecule has 3 nitrogen and oxygen atoms in total. The predicted octanol–water partition coefficient (Wildman–Crippen LogP) is 3.89. The molecule has 0 bridgehead atoms. The van der Waals surface area contributed by atoms with E-state index < -0.39 is 0 Å². The standard InChI is InChI=1S/C14H23N3S/c1-4-15-13-9-14(17-11(3)16-13)18-12-7-5-6-10(2)8-12/h9-10,12H,4-8H2,1-3H3,(H,15,16,17). The first kappa shape index (κ1) is 13.7. The zero-order valence-electron chi connectivity index (χ0n) is 11.6. The lowest BCUT2D eigenvalue weighted by Crippen LogP contribution is -2.15. The van der Waals surface area contributed by atoms with Gasteiger partial charge in [0.15, 0.2) is 0 Å². The third kappa shape index (κ3) is 3.87. The lowest BCUT2D eigenvalue weighted by Gasteiger charge is -2.25. The topological polar surface area (TPSA) is 37.8 Å². The first-order valence-corrected chi connectivity index (χ1v) is 7.81. The van der Waals surface area contributed by atoms with Gasteiger partial charge >= 0.3 is 0 Å². The fourth-order valence-corrected chi connectivity index (χ4v) is 3.94. The Labute approximate surface area is 114 Å². The molecule has 0 saturated heterocycles. The molecule has 0 radical (unpaired) electrons. The van der Waals surface area contributed by atoms with Gasteiger partial charge in [-0.1, -0.05) is 19.8 Å². The van der Waals surface area contributed by atoms with Gasteiger partial charge in [0.25, 0.3) is 0 Å². The number of hydrogen-bond donors (Lipinski definition) is 1. The van der Waals surface area contributed by atoms with Crippen molar-refractivity contribution in [3.63, 3.8) is 0 Å². The van der Waals surface area contributed by atoms with E-state index in [1.165, 1.54) is 25.7 Å². The van der Waals surface area contributed by atoms with E-state index in [2.05, 4.69) is 35.2 Å². The fraction of sp³-hybridized carbons (Fsp3) is 0.714. The van der Waals surface area contributed by atoms with Crippen molar-refractivity contribution in [2.45, 2.75) is 56.7 Å². The second-order valence-electron chi connectivity index (χ2n) is 5.18. The van der Waals surface area contributed by atoms with Crippen LogP contribution in [-0.4, -0.2) is 21.8 Å². The van der Waals surface area contributed by atoms with Crippen LogP contribution in [0, 0.1) is 12.8 Å². The molecule has 1 aliphatic rings. The molecule has 2 unspecified atom stereocenters. The van der Waals surface area contributed by atoms with E-state index in [0.29, 0.717) is 0 Å². The van der Waals surface area contributed by atoms with Crippen LogP contribution < -0.4 is 5.32 Å². The molecule has 1 aliphatic carbocycles. The number of nitrogens with one attached hydrogen (secondary N) is 1. The Morgan fingerprint density at radius 1 is 1.39 bits per heavy atom. The summed E-state index contributed by atoms with van der Waals surface area (Å²) in [6, 6.07) is 2.08. The summed E-state index contributed by atoms with van der Waals surface area (Å²) in [5.41, 5.74) is 0. The second-order valence-corrected chi connectivity index (χ2v) is 6.50. The van der Waals surface area contributed by atoms with Crippen LogP contribution in [0.1, 0.15) is 45.4 Å². The van der Waals surface area contributed by atoms with E-state index in [4.69, 9.17) is 0 Å². The van der Waals surface area contributed by atoms with Crippen molar-refractivity contribution in [2.24, 2.45) is 5.92 Å². The smallest absolute Gasteiger partial charge is 0.130 e. The summed E-state index contributed by atoms with van der Waals surface area (Å²) in [7, 11) is 0. The van der Waals surface area contributed by atoms with Crippen LogP contribution in [0.5, 0.6) is 0 Å². The van der Waals surface area contributed by atoms with Crippen molar-refractivity contribution >= 4 is 17.6 Å². The average Bonchev–Trinajstić information content (AvgIpc) is 2.28. The Hall–Kier alpha value is -0.770. The minimum Gasteiger partial charge on any atom is -0.370 e. The molecule has 0 spiro atoms. The summed E-state index contributed by atoms with van der Waals surface area (Å²) >= 11 is 1.93. The van der Waals surface area contributed by atoms with Crippen molar-refractivity contribution < 1.29 is 0 Å². The van der Waals surface area contributed by atoms with Gasteiger partial charge in [-0.15, -0.1) is 11.8 Å². The highest BCUT2D eigenvalue weighted by Crippen LogP contribution is 2.35. The molecule has 4 heteroatoms. The summed E-state index contributed by atoms with van der Waals surface area (Å²) in [5.74, 6) is 2.68. The number of nitrogens with zero attached hydrogens (tertiary/aromatic N) is 2. The van der Waals surface area contributed by atoms with Crippen molar-refractivity contribution in [2.75, 3.05) is 11.9 Å². The van der Waals surface area contributed by atoms with Crippen LogP contribution in [0.2, 0.25) is 0 Å². The molecule has 1 saturated carbocycles. The maximum Gasteiger partial charge on any atom is 0.130 e. The molecule has 100 valence electrons. The quantitative estimate of drug-likeness (QED) is 0.838. The number of aryl methyl sites for hydroxylation is 1. The van der Waals surface area contributed by atoms with Crippen LogP contribution in [0.3, 0.4) is 0 Å². The maximum absolute atomic E-state index is 4.55. The van der Waals surface area contributed by atoms with Crippen LogP contribution >= 0.6 is 11.8 Å². The molecule has 2 atom stereocenters. The SMILES string of the molecule is CCNc1cc(SC2CCCC(C)C2)nc(C)n1. The number of hydrogen-bond acceptors (Lipinski definition) is 4. The average molecular weight is 265 g/mol. The molecule has 1 aromatic rings. The number of thioether (sulfide) groups is 1. The van der Waals surface area contributed by atoms with Gasteiger partial charge in [0, 0.05) is 17.9 Å². The Morgan fingerprint density at radius 3 is 2.94 bits per heavy atom. The molecule has 2 rings (SSSR count). The highest BCUT2D eigenvalue weighted by Gasteiger charge is 2.20. The predicted molar refractivity (Wildman–Crippen MR) is 78.2 cm³/mol. The Kier molecular flexibility index (Phi) is 4.87. The van der Waals surface area contributed by atoms with Gasteiger partial charge in [0.05, 0.1) is 0 Å². The maximum atomic E-state index is 4.55. The third-order valence-electron chi connectivity index (χ3n) is 3.35. The third-order valence-corrected chi connectivity index (χ3v) is 4.56. The lowest BCUT2D eigenvalue weighted by molar-refractivity contribution is 0.394. The number of rotatable bonds is 4.